The van der Waals surface area contributed by atoms with Crippen LogP contribution in [0.25, 0.3) is 0 Å². The van der Waals surface area contributed by atoms with E-state index >= 15 is 0 Å². The molecule has 1 aromatic heterocycles. The summed E-state index contributed by atoms with van der Waals surface area (Å²) in [4.78, 5) is 66.2. The number of rotatable bonds is 30. The molecule has 0 radical (unpaired) electrons. The maximum atomic E-state index is 14.8. The predicted molar refractivity (Wildman–Crippen MR) is 276 cm³/mol. The Labute approximate surface area is 433 Å². The first-order valence-corrected chi connectivity index (χ1v) is 24.1. The van der Waals surface area contributed by atoms with Crippen LogP contribution in [0.4, 0.5) is 5.69 Å². The SMILES string of the molecule is O=C(O)c1ccn(C(=O)c2cc(OCc3ccccc3)c([N+](=O)[O-])cc2C(=O)NC(COC(COCc2ccccc2)COCc2ccccc2)COC(COCc2ccccc2)COCc2ccccc2)c(=O)c1. The summed E-state index contributed by atoms with van der Waals surface area (Å²) in [5, 5.41) is 25.1. The van der Waals surface area contributed by atoms with E-state index in [9.17, 15) is 34.4 Å². The zero-order valence-electron chi connectivity index (χ0n) is 41.0. The Morgan fingerprint density at radius 1 is 0.533 bits per heavy atom. The summed E-state index contributed by atoms with van der Waals surface area (Å²) in [5.41, 5.74) is 1.37. The number of carboxylic acid groups (broad SMARTS) is 1. The average molecular weight is 1020 g/mol. The van der Waals surface area contributed by atoms with Crippen LogP contribution in [0, 0.1) is 10.1 Å². The van der Waals surface area contributed by atoms with E-state index in [1.165, 1.54) is 0 Å². The maximum absolute atomic E-state index is 14.8. The van der Waals surface area contributed by atoms with Gasteiger partial charge in [0.25, 0.3) is 17.4 Å². The topological polar surface area (TPSA) is 213 Å². The van der Waals surface area contributed by atoms with Crippen molar-refractivity contribution in [3.05, 3.63) is 247 Å². The number of aromatic carboxylic acids is 1. The van der Waals surface area contributed by atoms with Crippen LogP contribution < -0.4 is 15.6 Å². The molecule has 75 heavy (non-hydrogen) atoms. The maximum Gasteiger partial charge on any atom is 0.335 e. The zero-order valence-corrected chi connectivity index (χ0v) is 41.0. The highest BCUT2D eigenvalue weighted by Gasteiger charge is 2.30. The number of pyridine rings is 1. The number of nitro benzene ring substituents is 1. The minimum atomic E-state index is -1.41. The van der Waals surface area contributed by atoms with Crippen molar-refractivity contribution < 1.29 is 57.6 Å². The Morgan fingerprint density at radius 3 is 1.31 bits per heavy atom. The van der Waals surface area contributed by atoms with Crippen molar-refractivity contribution in [2.24, 2.45) is 0 Å². The number of benzene rings is 6. The third kappa shape index (κ3) is 17.5. The molecule has 1 amide bonds. The highest BCUT2D eigenvalue weighted by molar-refractivity contribution is 6.09. The summed E-state index contributed by atoms with van der Waals surface area (Å²) in [6.45, 7) is 0.846. The standard InChI is InChI=1S/C58H57N3O14/c62-55-28-47(58(65)66)26-27-60(55)57(64)52-30-54(75-35-46-24-14-5-15-25-46)53(61(67)68)29-51(52)56(63)59-48(36-73-49(38-69-31-42-16-6-1-7-17-42)39-70-32-43-18-8-2-9-19-43)37-74-50(40-71-33-44-20-10-3-11-21-44)41-72-34-45-22-12-4-13-23-45/h1-30,48-50H,31-41H2,(H,59,63)(H,65,66). The molecule has 17 nitrogen and oxygen atoms in total. The van der Waals surface area contributed by atoms with E-state index in [0.717, 1.165) is 52.7 Å². The van der Waals surface area contributed by atoms with Gasteiger partial charge in [0.2, 0.25) is 0 Å². The minimum Gasteiger partial charge on any atom is -0.482 e. The number of hydrogen-bond acceptors (Lipinski definition) is 13. The van der Waals surface area contributed by atoms with Gasteiger partial charge < -0.3 is 43.6 Å². The molecule has 0 spiro atoms. The summed E-state index contributed by atoms with van der Waals surface area (Å²) in [7, 11) is 0. The van der Waals surface area contributed by atoms with Crippen LogP contribution in [-0.4, -0.2) is 90.3 Å². The second-order valence-electron chi connectivity index (χ2n) is 17.2. The fourth-order valence-corrected chi connectivity index (χ4v) is 7.55. The lowest BCUT2D eigenvalue weighted by Gasteiger charge is -2.26. The lowest BCUT2D eigenvalue weighted by atomic mass is 10.0. The van der Waals surface area contributed by atoms with E-state index in [1.54, 1.807) is 30.3 Å². The van der Waals surface area contributed by atoms with Crippen molar-refractivity contribution in [3.8, 4) is 5.75 Å². The van der Waals surface area contributed by atoms with Gasteiger partial charge in [-0.2, -0.15) is 0 Å². The number of aromatic nitrogens is 1. The van der Waals surface area contributed by atoms with Crippen LogP contribution >= 0.6 is 0 Å². The van der Waals surface area contributed by atoms with Crippen molar-refractivity contribution >= 4 is 23.5 Å². The Morgan fingerprint density at radius 2 is 0.933 bits per heavy atom. The zero-order chi connectivity index (χ0) is 52.6. The monoisotopic (exact) mass is 1020 g/mol. The molecular formula is C58H57N3O14. The van der Waals surface area contributed by atoms with Gasteiger partial charge in [-0.05, 0) is 33.9 Å². The number of carbonyl (C=O) groups is 3. The summed E-state index contributed by atoms with van der Waals surface area (Å²) in [5.74, 6) is -3.85. The molecule has 0 atom stereocenters. The molecular weight excluding hydrogens is 963 g/mol. The highest BCUT2D eigenvalue weighted by atomic mass is 16.6. The van der Waals surface area contributed by atoms with Gasteiger partial charge in [0.05, 0.1) is 93.7 Å². The largest absolute Gasteiger partial charge is 0.482 e. The number of nitro groups is 1. The molecule has 17 heteroatoms. The average Bonchev–Trinajstić information content (AvgIpc) is 3.43. The number of carbonyl (C=O) groups excluding carboxylic acids is 2. The first-order chi connectivity index (χ1) is 36.6. The predicted octanol–water partition coefficient (Wildman–Crippen LogP) is 8.46. The summed E-state index contributed by atoms with van der Waals surface area (Å²) in [6.07, 6.45) is -0.418. The third-order valence-electron chi connectivity index (χ3n) is 11.5. The van der Waals surface area contributed by atoms with Gasteiger partial charge in [0.1, 0.15) is 18.8 Å². The normalized spacial score (nSPS) is 11.2. The number of nitrogens with zero attached hydrogens (tertiary/aromatic N) is 2. The van der Waals surface area contributed by atoms with Crippen LogP contribution in [0.2, 0.25) is 0 Å². The molecule has 0 aliphatic carbocycles. The van der Waals surface area contributed by atoms with Crippen molar-refractivity contribution in [3.63, 3.8) is 0 Å². The molecule has 0 saturated carbocycles. The molecule has 388 valence electrons. The van der Waals surface area contributed by atoms with Crippen LogP contribution in [0.15, 0.2) is 187 Å². The molecule has 2 N–H and O–H groups in total. The van der Waals surface area contributed by atoms with E-state index in [4.69, 9.17) is 33.2 Å². The van der Waals surface area contributed by atoms with Crippen molar-refractivity contribution in [2.75, 3.05) is 39.6 Å². The van der Waals surface area contributed by atoms with Crippen molar-refractivity contribution in [1.29, 1.82) is 0 Å². The molecule has 0 saturated heterocycles. The third-order valence-corrected chi connectivity index (χ3v) is 11.5. The quantitative estimate of drug-likeness (QED) is 0.0320. The Kier molecular flexibility index (Phi) is 21.1. The number of nitrogens with one attached hydrogen (secondary N) is 1. The number of ether oxygens (including phenoxy) is 7. The summed E-state index contributed by atoms with van der Waals surface area (Å²) < 4.78 is 43.9. The van der Waals surface area contributed by atoms with Crippen LogP contribution in [0.5, 0.6) is 5.75 Å². The number of carboxylic acids is 1. The summed E-state index contributed by atoms with van der Waals surface area (Å²) in [6, 6.07) is 49.7. The molecule has 0 aliphatic heterocycles. The minimum absolute atomic E-state index is 0.0825. The Bertz CT molecular complexity index is 2770. The van der Waals surface area contributed by atoms with Crippen LogP contribution in [0.3, 0.4) is 0 Å². The Balaban J connectivity index is 1.19. The van der Waals surface area contributed by atoms with Gasteiger partial charge in [-0.15, -0.1) is 0 Å². The van der Waals surface area contributed by atoms with E-state index in [-0.39, 0.29) is 84.0 Å². The van der Waals surface area contributed by atoms with Crippen molar-refractivity contribution in [1.82, 2.24) is 9.88 Å². The van der Waals surface area contributed by atoms with Gasteiger partial charge in [0, 0.05) is 24.4 Å². The highest BCUT2D eigenvalue weighted by Crippen LogP contribution is 2.32. The smallest absolute Gasteiger partial charge is 0.335 e. The van der Waals surface area contributed by atoms with E-state index < -0.39 is 63.3 Å². The molecule has 0 fully saturated rings. The summed E-state index contributed by atoms with van der Waals surface area (Å²) >= 11 is 0. The Hall–Kier alpha value is -8.16. The fourth-order valence-electron chi connectivity index (χ4n) is 7.55. The van der Waals surface area contributed by atoms with Crippen LogP contribution in [0.1, 0.15) is 58.9 Å². The molecule has 1 heterocycles. The lowest BCUT2D eigenvalue weighted by molar-refractivity contribution is -0.386. The second-order valence-corrected chi connectivity index (χ2v) is 17.2. The van der Waals surface area contributed by atoms with Gasteiger partial charge in [-0.3, -0.25) is 24.5 Å². The first-order valence-electron chi connectivity index (χ1n) is 24.1. The van der Waals surface area contributed by atoms with E-state index in [2.05, 4.69) is 5.32 Å². The lowest BCUT2D eigenvalue weighted by Crippen LogP contribution is -2.45. The number of hydrogen-bond donors (Lipinski definition) is 2. The van der Waals surface area contributed by atoms with Gasteiger partial charge in [-0.25, -0.2) is 9.36 Å². The van der Waals surface area contributed by atoms with Crippen molar-refractivity contribution in [2.45, 2.75) is 51.3 Å². The molecule has 0 bridgehead atoms. The van der Waals surface area contributed by atoms with E-state index in [1.807, 2.05) is 121 Å². The van der Waals surface area contributed by atoms with E-state index in [0.29, 0.717) is 10.1 Å². The fraction of sp³-hybridized carbons (Fsp3) is 0.241. The molecule has 6 aromatic carbocycles. The van der Waals surface area contributed by atoms with Gasteiger partial charge >= 0.3 is 11.7 Å². The number of amides is 1. The first kappa shape index (κ1) is 54.6. The second kappa shape index (κ2) is 28.9. The molecule has 0 unspecified atom stereocenters. The van der Waals surface area contributed by atoms with Crippen LogP contribution in [-0.2, 0) is 61.5 Å². The molecule has 7 aromatic rings. The van der Waals surface area contributed by atoms with Gasteiger partial charge in [0.15, 0.2) is 5.75 Å². The molecule has 0 aliphatic rings. The molecule has 7 rings (SSSR count). The van der Waals surface area contributed by atoms with Gasteiger partial charge in [-0.1, -0.05) is 152 Å².